The van der Waals surface area contributed by atoms with Crippen LogP contribution in [-0.4, -0.2) is 50.1 Å². The molecule has 1 rings (SSSR count). The summed E-state index contributed by atoms with van der Waals surface area (Å²) in [6.07, 6.45) is 3.82. The molecule has 1 atom stereocenters. The van der Waals surface area contributed by atoms with E-state index in [2.05, 4.69) is 15.5 Å². The van der Waals surface area contributed by atoms with Crippen molar-refractivity contribution in [2.45, 2.75) is 32.2 Å². The van der Waals surface area contributed by atoms with Crippen LogP contribution in [0.2, 0.25) is 0 Å². The Morgan fingerprint density at radius 2 is 2.07 bits per heavy atom. The maximum Gasteiger partial charge on any atom is 0.236 e. The van der Waals surface area contributed by atoms with Crippen molar-refractivity contribution in [3.63, 3.8) is 0 Å². The largest absolute Gasteiger partial charge is 0.358 e. The lowest BCUT2D eigenvalue weighted by Gasteiger charge is -2.16. The molecular formula is C11H23N3O. The summed E-state index contributed by atoms with van der Waals surface area (Å²) in [5.74, 6) is 0.0659. The average molecular weight is 213 g/mol. The van der Waals surface area contributed by atoms with Gasteiger partial charge in [-0.3, -0.25) is 4.79 Å². The molecule has 88 valence electrons. The van der Waals surface area contributed by atoms with E-state index in [0.29, 0.717) is 0 Å². The molecule has 0 bridgehead atoms. The molecule has 1 fully saturated rings. The first-order valence-electron chi connectivity index (χ1n) is 5.91. The van der Waals surface area contributed by atoms with E-state index in [1.165, 1.54) is 25.9 Å². The van der Waals surface area contributed by atoms with Gasteiger partial charge in [-0.25, -0.2) is 0 Å². The minimum absolute atomic E-state index is 0.0659. The second kappa shape index (κ2) is 6.80. The molecule has 1 amide bonds. The number of hydrogen-bond donors (Lipinski definition) is 2. The third kappa shape index (κ3) is 4.62. The highest BCUT2D eigenvalue weighted by Gasteiger charge is 2.12. The van der Waals surface area contributed by atoms with Crippen molar-refractivity contribution in [3.8, 4) is 0 Å². The van der Waals surface area contributed by atoms with E-state index in [0.717, 1.165) is 19.5 Å². The van der Waals surface area contributed by atoms with Crippen molar-refractivity contribution < 1.29 is 4.79 Å². The summed E-state index contributed by atoms with van der Waals surface area (Å²) in [6.45, 7) is 6.49. The molecule has 15 heavy (non-hydrogen) atoms. The standard InChI is InChI=1S/C11H23N3O/c1-10(11(15)12-2)13-6-5-9-14-7-3-4-8-14/h10,13H,3-9H2,1-2H3,(H,12,15). The zero-order valence-corrected chi connectivity index (χ0v) is 9.88. The molecule has 1 aliphatic heterocycles. The molecule has 4 heteroatoms. The summed E-state index contributed by atoms with van der Waals surface area (Å²) in [5.41, 5.74) is 0. The number of rotatable bonds is 6. The van der Waals surface area contributed by atoms with Gasteiger partial charge < -0.3 is 15.5 Å². The summed E-state index contributed by atoms with van der Waals surface area (Å²) >= 11 is 0. The Balaban J connectivity index is 1.98. The second-order valence-corrected chi connectivity index (χ2v) is 4.19. The zero-order chi connectivity index (χ0) is 11.1. The van der Waals surface area contributed by atoms with Gasteiger partial charge in [-0.1, -0.05) is 0 Å². The Hall–Kier alpha value is -0.610. The fraction of sp³-hybridized carbons (Fsp3) is 0.909. The summed E-state index contributed by atoms with van der Waals surface area (Å²) in [7, 11) is 1.67. The number of likely N-dealkylation sites (N-methyl/N-ethyl adjacent to an activating group) is 1. The lowest BCUT2D eigenvalue weighted by molar-refractivity contribution is -0.122. The fourth-order valence-electron chi connectivity index (χ4n) is 1.94. The molecule has 0 aromatic rings. The summed E-state index contributed by atoms with van der Waals surface area (Å²) in [5, 5.41) is 5.85. The van der Waals surface area contributed by atoms with E-state index in [1.54, 1.807) is 7.05 Å². The van der Waals surface area contributed by atoms with Crippen LogP contribution in [0.3, 0.4) is 0 Å². The van der Waals surface area contributed by atoms with E-state index < -0.39 is 0 Å². The minimum atomic E-state index is -0.0754. The topological polar surface area (TPSA) is 44.4 Å². The van der Waals surface area contributed by atoms with Crippen LogP contribution in [0.4, 0.5) is 0 Å². The zero-order valence-electron chi connectivity index (χ0n) is 9.88. The van der Waals surface area contributed by atoms with Crippen molar-refractivity contribution in [3.05, 3.63) is 0 Å². The molecule has 0 spiro atoms. The fourth-order valence-corrected chi connectivity index (χ4v) is 1.94. The van der Waals surface area contributed by atoms with Crippen molar-refractivity contribution in [2.75, 3.05) is 33.2 Å². The van der Waals surface area contributed by atoms with Gasteiger partial charge in [0.2, 0.25) is 5.91 Å². The summed E-state index contributed by atoms with van der Waals surface area (Å²) in [4.78, 5) is 13.7. The van der Waals surface area contributed by atoms with Gasteiger partial charge in [0.25, 0.3) is 0 Å². The molecule has 0 radical (unpaired) electrons. The Bertz CT molecular complexity index is 190. The van der Waals surface area contributed by atoms with Gasteiger partial charge in [-0.05, 0) is 52.4 Å². The molecular weight excluding hydrogens is 190 g/mol. The Morgan fingerprint density at radius 3 is 2.67 bits per heavy atom. The van der Waals surface area contributed by atoms with Crippen LogP contribution < -0.4 is 10.6 Å². The molecule has 0 aliphatic carbocycles. The molecule has 1 unspecified atom stereocenters. The Morgan fingerprint density at radius 1 is 1.40 bits per heavy atom. The second-order valence-electron chi connectivity index (χ2n) is 4.19. The van der Waals surface area contributed by atoms with E-state index >= 15 is 0 Å². The minimum Gasteiger partial charge on any atom is -0.358 e. The van der Waals surface area contributed by atoms with Crippen molar-refractivity contribution in [1.29, 1.82) is 0 Å². The smallest absolute Gasteiger partial charge is 0.236 e. The average Bonchev–Trinajstić information content (AvgIpc) is 2.75. The number of nitrogens with one attached hydrogen (secondary N) is 2. The first-order chi connectivity index (χ1) is 7.24. The Kier molecular flexibility index (Phi) is 5.65. The highest BCUT2D eigenvalue weighted by molar-refractivity contribution is 5.80. The van der Waals surface area contributed by atoms with Crippen LogP contribution in [0.25, 0.3) is 0 Å². The van der Waals surface area contributed by atoms with Crippen molar-refractivity contribution >= 4 is 5.91 Å². The number of likely N-dealkylation sites (tertiary alicyclic amines) is 1. The van der Waals surface area contributed by atoms with Crippen molar-refractivity contribution in [2.24, 2.45) is 0 Å². The lowest BCUT2D eigenvalue weighted by Crippen LogP contribution is -2.41. The SMILES string of the molecule is CNC(=O)C(C)NCCCN1CCCC1. The molecule has 2 N–H and O–H groups in total. The molecule has 4 nitrogen and oxygen atoms in total. The van der Waals surface area contributed by atoms with E-state index in [-0.39, 0.29) is 11.9 Å². The van der Waals surface area contributed by atoms with Crippen LogP contribution in [0.15, 0.2) is 0 Å². The molecule has 0 aromatic heterocycles. The van der Waals surface area contributed by atoms with Crippen LogP contribution in [0, 0.1) is 0 Å². The van der Waals surface area contributed by atoms with E-state index in [1.807, 2.05) is 6.92 Å². The maximum absolute atomic E-state index is 11.2. The quantitative estimate of drug-likeness (QED) is 0.619. The highest BCUT2D eigenvalue weighted by atomic mass is 16.2. The number of nitrogens with zero attached hydrogens (tertiary/aromatic N) is 1. The maximum atomic E-state index is 11.2. The number of amides is 1. The normalized spacial score (nSPS) is 19.1. The van der Waals surface area contributed by atoms with Crippen LogP contribution in [0.1, 0.15) is 26.2 Å². The summed E-state index contributed by atoms with van der Waals surface area (Å²) in [6, 6.07) is -0.0754. The van der Waals surface area contributed by atoms with Crippen LogP contribution >= 0.6 is 0 Å². The number of carbonyl (C=O) groups excluding carboxylic acids is 1. The van der Waals surface area contributed by atoms with Gasteiger partial charge in [-0.15, -0.1) is 0 Å². The molecule has 0 aromatic carbocycles. The number of hydrogen-bond acceptors (Lipinski definition) is 3. The Labute approximate surface area is 92.4 Å². The third-order valence-corrected chi connectivity index (χ3v) is 2.94. The van der Waals surface area contributed by atoms with Gasteiger partial charge in [0.15, 0.2) is 0 Å². The molecule has 1 heterocycles. The molecule has 1 aliphatic rings. The predicted molar refractivity (Wildman–Crippen MR) is 61.8 cm³/mol. The number of carbonyl (C=O) groups is 1. The first kappa shape index (κ1) is 12.5. The monoisotopic (exact) mass is 213 g/mol. The molecule has 0 saturated carbocycles. The van der Waals surface area contributed by atoms with Crippen LogP contribution in [-0.2, 0) is 4.79 Å². The lowest BCUT2D eigenvalue weighted by atomic mass is 10.3. The van der Waals surface area contributed by atoms with Gasteiger partial charge in [-0.2, -0.15) is 0 Å². The van der Waals surface area contributed by atoms with Gasteiger partial charge in [0.1, 0.15) is 0 Å². The first-order valence-corrected chi connectivity index (χ1v) is 5.91. The van der Waals surface area contributed by atoms with Gasteiger partial charge >= 0.3 is 0 Å². The van der Waals surface area contributed by atoms with Crippen LogP contribution in [0.5, 0.6) is 0 Å². The van der Waals surface area contributed by atoms with Crippen molar-refractivity contribution in [1.82, 2.24) is 15.5 Å². The highest BCUT2D eigenvalue weighted by Crippen LogP contribution is 2.06. The van der Waals surface area contributed by atoms with E-state index in [9.17, 15) is 4.79 Å². The van der Waals surface area contributed by atoms with Gasteiger partial charge in [0, 0.05) is 7.05 Å². The third-order valence-electron chi connectivity index (χ3n) is 2.94. The van der Waals surface area contributed by atoms with Gasteiger partial charge in [0.05, 0.1) is 6.04 Å². The summed E-state index contributed by atoms with van der Waals surface area (Å²) < 4.78 is 0. The molecule has 1 saturated heterocycles. The predicted octanol–water partition coefficient (Wildman–Crippen LogP) is 0.196. The van der Waals surface area contributed by atoms with E-state index in [4.69, 9.17) is 0 Å².